The molecule has 1 N–H and O–H groups in total. The number of aliphatic hydroxyl groups excluding tert-OH is 1. The van der Waals surface area contributed by atoms with E-state index in [2.05, 4.69) is 0 Å². The molecule has 108 valence electrons. The molecule has 0 heterocycles. The molecule has 0 bridgehead atoms. The van der Waals surface area contributed by atoms with Gasteiger partial charge in [-0.3, -0.25) is 0 Å². The normalized spacial score (nSPS) is 13.3. The topological polar surface area (TPSA) is 63.6 Å². The first-order valence-electron chi connectivity index (χ1n) is 6.16. The molecule has 0 aliphatic rings. The van der Waals surface area contributed by atoms with Crippen LogP contribution in [0.2, 0.25) is 0 Å². The number of halogens is 1. The molecular formula is C13H19FO4S. The van der Waals surface area contributed by atoms with E-state index in [1.807, 2.05) is 0 Å². The second kappa shape index (κ2) is 6.86. The minimum atomic E-state index is -3.09. The van der Waals surface area contributed by atoms with E-state index in [0.717, 1.165) is 6.07 Å². The zero-order valence-electron chi connectivity index (χ0n) is 11.1. The van der Waals surface area contributed by atoms with Gasteiger partial charge in [0, 0.05) is 11.6 Å². The van der Waals surface area contributed by atoms with E-state index in [0.29, 0.717) is 6.42 Å². The zero-order valence-corrected chi connectivity index (χ0v) is 11.9. The van der Waals surface area contributed by atoms with Crippen LogP contribution in [0.25, 0.3) is 0 Å². The molecule has 0 amide bonds. The average molecular weight is 290 g/mol. The summed E-state index contributed by atoms with van der Waals surface area (Å²) in [4.78, 5) is 0. The van der Waals surface area contributed by atoms with Crippen LogP contribution < -0.4 is 4.74 Å². The zero-order chi connectivity index (χ0) is 14.5. The predicted octanol–water partition coefficient (Wildman–Crippen LogP) is 2.08. The first kappa shape index (κ1) is 15.9. The minimum Gasteiger partial charge on any atom is -0.492 e. The summed E-state index contributed by atoms with van der Waals surface area (Å²) < 4.78 is 41.6. The summed E-state index contributed by atoms with van der Waals surface area (Å²) in [6, 6.07) is 4.09. The molecule has 19 heavy (non-hydrogen) atoms. The van der Waals surface area contributed by atoms with Gasteiger partial charge in [0.25, 0.3) is 0 Å². The van der Waals surface area contributed by atoms with Crippen LogP contribution in [-0.4, -0.2) is 31.6 Å². The van der Waals surface area contributed by atoms with Gasteiger partial charge in [0.1, 0.15) is 18.2 Å². The second-order valence-electron chi connectivity index (χ2n) is 4.36. The standard InChI is InChI=1S/C13H19FO4S/c1-3-7-19(16,17)8-6-18-11-4-5-12(10(2)15)13(14)9-11/h4-5,9-10,15H,3,6-8H2,1-2H3/t10-/m1/s1. The largest absolute Gasteiger partial charge is 0.492 e. The summed E-state index contributed by atoms with van der Waals surface area (Å²) in [7, 11) is -3.09. The van der Waals surface area contributed by atoms with Crippen LogP contribution in [0.5, 0.6) is 5.75 Å². The maximum atomic E-state index is 13.5. The van der Waals surface area contributed by atoms with Gasteiger partial charge in [0.2, 0.25) is 0 Å². The molecule has 1 atom stereocenters. The smallest absolute Gasteiger partial charge is 0.153 e. The summed E-state index contributed by atoms with van der Waals surface area (Å²) in [6.45, 7) is 3.26. The number of ether oxygens (including phenoxy) is 1. The predicted molar refractivity (Wildman–Crippen MR) is 71.5 cm³/mol. The van der Waals surface area contributed by atoms with Crippen LogP contribution in [0, 0.1) is 5.82 Å². The molecule has 0 aromatic heterocycles. The monoisotopic (exact) mass is 290 g/mol. The van der Waals surface area contributed by atoms with Crippen molar-refractivity contribution in [1.82, 2.24) is 0 Å². The molecule has 0 unspecified atom stereocenters. The Balaban J connectivity index is 2.58. The first-order chi connectivity index (χ1) is 8.85. The van der Waals surface area contributed by atoms with E-state index in [-0.39, 0.29) is 29.4 Å². The number of aliphatic hydroxyl groups is 1. The molecule has 0 fully saturated rings. The Kier molecular flexibility index (Phi) is 5.75. The molecule has 0 radical (unpaired) electrons. The number of sulfone groups is 1. The molecule has 1 rings (SSSR count). The summed E-state index contributed by atoms with van der Waals surface area (Å²) >= 11 is 0. The number of hydrogen-bond donors (Lipinski definition) is 1. The van der Waals surface area contributed by atoms with Gasteiger partial charge in [0.05, 0.1) is 17.6 Å². The van der Waals surface area contributed by atoms with E-state index in [1.165, 1.54) is 19.1 Å². The Morgan fingerprint density at radius 2 is 2.05 bits per heavy atom. The fourth-order valence-corrected chi connectivity index (χ4v) is 2.80. The Bertz CT molecular complexity index is 511. The summed E-state index contributed by atoms with van der Waals surface area (Å²) in [6.07, 6.45) is -0.320. The summed E-state index contributed by atoms with van der Waals surface area (Å²) in [5.74, 6) is -0.260. The van der Waals surface area contributed by atoms with Crippen molar-refractivity contribution in [2.24, 2.45) is 0 Å². The van der Waals surface area contributed by atoms with Gasteiger partial charge in [-0.15, -0.1) is 0 Å². The molecule has 0 aliphatic heterocycles. The van der Waals surface area contributed by atoms with Crippen molar-refractivity contribution >= 4 is 9.84 Å². The van der Waals surface area contributed by atoms with Gasteiger partial charge in [-0.2, -0.15) is 0 Å². The van der Waals surface area contributed by atoms with Crippen molar-refractivity contribution in [3.63, 3.8) is 0 Å². The highest BCUT2D eigenvalue weighted by molar-refractivity contribution is 7.91. The number of benzene rings is 1. The highest BCUT2D eigenvalue weighted by Gasteiger charge is 2.11. The maximum absolute atomic E-state index is 13.5. The third kappa shape index (κ3) is 5.16. The van der Waals surface area contributed by atoms with Gasteiger partial charge >= 0.3 is 0 Å². The van der Waals surface area contributed by atoms with Crippen LogP contribution >= 0.6 is 0 Å². The van der Waals surface area contributed by atoms with Gasteiger partial charge in [-0.05, 0) is 25.5 Å². The second-order valence-corrected chi connectivity index (χ2v) is 6.66. The molecule has 1 aromatic rings. The Labute approximate surface area is 113 Å². The van der Waals surface area contributed by atoms with Gasteiger partial charge in [-0.25, -0.2) is 12.8 Å². The van der Waals surface area contributed by atoms with Crippen LogP contribution in [0.1, 0.15) is 31.9 Å². The third-order valence-corrected chi connectivity index (χ3v) is 4.42. The quantitative estimate of drug-likeness (QED) is 0.835. The molecule has 4 nitrogen and oxygen atoms in total. The van der Waals surface area contributed by atoms with E-state index in [1.54, 1.807) is 6.92 Å². The fourth-order valence-electron chi connectivity index (χ4n) is 1.64. The van der Waals surface area contributed by atoms with Gasteiger partial charge in [-0.1, -0.05) is 6.92 Å². The lowest BCUT2D eigenvalue weighted by Crippen LogP contribution is -2.16. The molecular weight excluding hydrogens is 271 g/mol. The lowest BCUT2D eigenvalue weighted by molar-refractivity contribution is 0.194. The Hall–Kier alpha value is -1.14. The minimum absolute atomic E-state index is 0.00417. The van der Waals surface area contributed by atoms with Gasteiger partial charge in [0.15, 0.2) is 9.84 Å². The number of rotatable bonds is 7. The van der Waals surface area contributed by atoms with Crippen LogP contribution in [0.4, 0.5) is 4.39 Å². The van der Waals surface area contributed by atoms with Crippen molar-refractivity contribution in [3.8, 4) is 5.75 Å². The van der Waals surface area contributed by atoms with Crippen molar-refractivity contribution in [1.29, 1.82) is 0 Å². The average Bonchev–Trinajstić information content (AvgIpc) is 2.28. The lowest BCUT2D eigenvalue weighted by atomic mass is 10.1. The molecule has 1 aromatic carbocycles. The van der Waals surface area contributed by atoms with Crippen molar-refractivity contribution in [3.05, 3.63) is 29.6 Å². The van der Waals surface area contributed by atoms with Crippen molar-refractivity contribution < 1.29 is 22.7 Å². The molecule has 0 saturated carbocycles. The van der Waals surface area contributed by atoms with Crippen molar-refractivity contribution in [2.75, 3.05) is 18.1 Å². The highest BCUT2D eigenvalue weighted by atomic mass is 32.2. The van der Waals surface area contributed by atoms with Crippen LogP contribution in [-0.2, 0) is 9.84 Å². The SMILES string of the molecule is CCCS(=O)(=O)CCOc1ccc([C@@H](C)O)c(F)c1. The van der Waals surface area contributed by atoms with Gasteiger partial charge < -0.3 is 9.84 Å². The molecule has 0 spiro atoms. The van der Waals surface area contributed by atoms with Crippen LogP contribution in [0.3, 0.4) is 0 Å². The molecule has 6 heteroatoms. The van der Waals surface area contributed by atoms with E-state index < -0.39 is 21.8 Å². The molecule has 0 saturated heterocycles. The van der Waals surface area contributed by atoms with E-state index in [4.69, 9.17) is 4.74 Å². The Morgan fingerprint density at radius 1 is 1.37 bits per heavy atom. The molecule has 0 aliphatic carbocycles. The lowest BCUT2D eigenvalue weighted by Gasteiger charge is -2.10. The van der Waals surface area contributed by atoms with E-state index >= 15 is 0 Å². The summed E-state index contributed by atoms with van der Waals surface area (Å²) in [5, 5.41) is 9.28. The van der Waals surface area contributed by atoms with Crippen LogP contribution in [0.15, 0.2) is 18.2 Å². The Morgan fingerprint density at radius 3 is 2.58 bits per heavy atom. The van der Waals surface area contributed by atoms with E-state index in [9.17, 15) is 17.9 Å². The van der Waals surface area contributed by atoms with Crippen molar-refractivity contribution in [2.45, 2.75) is 26.4 Å². The highest BCUT2D eigenvalue weighted by Crippen LogP contribution is 2.21. The third-order valence-electron chi connectivity index (χ3n) is 2.60. The fraction of sp³-hybridized carbons (Fsp3) is 0.538. The number of hydrogen-bond acceptors (Lipinski definition) is 4. The first-order valence-corrected chi connectivity index (χ1v) is 7.98. The summed E-state index contributed by atoms with van der Waals surface area (Å²) in [5.41, 5.74) is 0.186. The maximum Gasteiger partial charge on any atom is 0.153 e.